The summed E-state index contributed by atoms with van der Waals surface area (Å²) >= 11 is 3.97. The Morgan fingerprint density at radius 2 is 1.33 bits per heavy atom. The van der Waals surface area contributed by atoms with Crippen molar-refractivity contribution >= 4 is 12.6 Å². The third-order valence-electron chi connectivity index (χ3n) is 0.827. The molecule has 0 spiro atoms. The van der Waals surface area contributed by atoms with Crippen molar-refractivity contribution < 1.29 is 17.6 Å². The highest BCUT2D eigenvalue weighted by Gasteiger charge is 1.86. The number of alkyl halides is 3. The maximum absolute atomic E-state index is 12.1. The Bertz CT molecular complexity index is 185. The number of halogens is 4. The first-order valence-electron chi connectivity index (χ1n) is 2.89. The van der Waals surface area contributed by atoms with Gasteiger partial charge in [0.1, 0.15) is 5.82 Å². The van der Waals surface area contributed by atoms with Gasteiger partial charge in [-0.2, -0.15) is 13.2 Å². The maximum atomic E-state index is 12.1. The zero-order valence-electron chi connectivity index (χ0n) is 5.85. The zero-order valence-corrected chi connectivity index (χ0v) is 6.74. The summed E-state index contributed by atoms with van der Waals surface area (Å²) in [6, 6.07) is 5.97. The molecule has 0 atom stereocenters. The Morgan fingerprint density at radius 1 is 1.00 bits per heavy atom. The Balaban J connectivity index is 0.000000261. The van der Waals surface area contributed by atoms with Gasteiger partial charge in [0.15, 0.2) is 0 Å². The number of hydrogen-bond donors (Lipinski definition) is 1. The first-order chi connectivity index (χ1) is 5.52. The summed E-state index contributed by atoms with van der Waals surface area (Å²) in [5.74, 6) is -0.220. The largest absolute Gasteiger partial charge is 0.379 e. The molecule has 0 heterocycles. The molecule has 0 aliphatic heterocycles. The molecule has 0 unspecified atom stereocenters. The summed E-state index contributed by atoms with van der Waals surface area (Å²) in [6.45, 7) is -3.67. The second kappa shape index (κ2) is 5.88. The van der Waals surface area contributed by atoms with Crippen LogP contribution in [0.3, 0.4) is 0 Å². The molecule has 1 rings (SSSR count). The third kappa shape index (κ3) is 7.40. The zero-order chi connectivity index (χ0) is 9.56. The van der Waals surface area contributed by atoms with Crippen molar-refractivity contribution in [2.24, 2.45) is 0 Å². The van der Waals surface area contributed by atoms with Crippen molar-refractivity contribution in [3.05, 3.63) is 30.1 Å². The lowest BCUT2D eigenvalue weighted by Gasteiger charge is -1.86. The minimum atomic E-state index is -3.67. The highest BCUT2D eigenvalue weighted by atomic mass is 32.1. The summed E-state index contributed by atoms with van der Waals surface area (Å²) < 4.78 is 41.1. The van der Waals surface area contributed by atoms with Gasteiger partial charge in [0, 0.05) is 4.90 Å². The highest BCUT2D eigenvalue weighted by molar-refractivity contribution is 7.80. The molecule has 0 aliphatic rings. The van der Waals surface area contributed by atoms with Gasteiger partial charge in [-0.25, -0.2) is 4.39 Å². The van der Waals surface area contributed by atoms with Crippen LogP contribution in [0.25, 0.3) is 0 Å². The molecule has 0 N–H and O–H groups in total. The Labute approximate surface area is 72.6 Å². The highest BCUT2D eigenvalue weighted by Crippen LogP contribution is 2.05. The molecule has 0 aromatic heterocycles. The van der Waals surface area contributed by atoms with E-state index in [1.807, 2.05) is 0 Å². The van der Waals surface area contributed by atoms with Crippen molar-refractivity contribution in [2.45, 2.75) is 11.6 Å². The lowest BCUT2D eigenvalue weighted by molar-refractivity contribution is 0.00819. The van der Waals surface area contributed by atoms with Crippen LogP contribution in [0.15, 0.2) is 29.2 Å². The first-order valence-corrected chi connectivity index (χ1v) is 3.34. The average molecular weight is 198 g/mol. The molecular weight excluding hydrogens is 192 g/mol. The van der Waals surface area contributed by atoms with Crippen LogP contribution in [-0.2, 0) is 0 Å². The quantitative estimate of drug-likeness (QED) is 0.480. The van der Waals surface area contributed by atoms with E-state index < -0.39 is 6.68 Å². The van der Waals surface area contributed by atoms with Crippen molar-refractivity contribution in [3.63, 3.8) is 0 Å². The fraction of sp³-hybridized carbons (Fsp3) is 0.143. The molecule has 0 aliphatic carbocycles. The minimum absolute atomic E-state index is 0.220. The van der Waals surface area contributed by atoms with E-state index in [4.69, 9.17) is 0 Å². The molecule has 0 nitrogen and oxygen atoms in total. The van der Waals surface area contributed by atoms with Crippen molar-refractivity contribution in [1.29, 1.82) is 0 Å². The molecule has 0 saturated heterocycles. The molecule has 0 fully saturated rings. The fourth-order valence-electron chi connectivity index (χ4n) is 0.441. The van der Waals surface area contributed by atoms with Gasteiger partial charge in [0.05, 0.1) is 0 Å². The second-order valence-corrected chi connectivity index (χ2v) is 2.24. The normalized spacial score (nSPS) is 9.17. The molecule has 68 valence electrons. The van der Waals surface area contributed by atoms with E-state index in [1.165, 1.54) is 12.1 Å². The van der Waals surface area contributed by atoms with Crippen LogP contribution in [0.1, 0.15) is 0 Å². The van der Waals surface area contributed by atoms with Crippen LogP contribution in [0.5, 0.6) is 0 Å². The first kappa shape index (κ1) is 11.3. The van der Waals surface area contributed by atoms with E-state index in [9.17, 15) is 17.6 Å². The summed E-state index contributed by atoms with van der Waals surface area (Å²) in [5.41, 5.74) is 0. The number of thiol groups is 1. The van der Waals surface area contributed by atoms with E-state index in [1.54, 1.807) is 12.1 Å². The predicted molar refractivity (Wildman–Crippen MR) is 40.8 cm³/mol. The van der Waals surface area contributed by atoms with Gasteiger partial charge >= 0.3 is 6.68 Å². The van der Waals surface area contributed by atoms with Gasteiger partial charge in [-0.05, 0) is 24.3 Å². The van der Waals surface area contributed by atoms with Gasteiger partial charge in [-0.15, -0.1) is 12.6 Å². The molecule has 0 radical (unpaired) electrons. The Hall–Kier alpha value is -0.710. The predicted octanol–water partition coefficient (Wildman–Crippen LogP) is 3.29. The minimum Gasteiger partial charge on any atom is -0.207 e. The van der Waals surface area contributed by atoms with Gasteiger partial charge < -0.3 is 0 Å². The van der Waals surface area contributed by atoms with E-state index in [0.29, 0.717) is 0 Å². The van der Waals surface area contributed by atoms with Crippen LogP contribution in [-0.4, -0.2) is 6.68 Å². The maximum Gasteiger partial charge on any atom is 0.379 e. The molecule has 0 amide bonds. The monoisotopic (exact) mass is 198 g/mol. The van der Waals surface area contributed by atoms with Crippen LogP contribution in [0, 0.1) is 5.82 Å². The van der Waals surface area contributed by atoms with Crippen molar-refractivity contribution in [1.82, 2.24) is 0 Å². The fourth-order valence-corrected chi connectivity index (χ4v) is 0.590. The Kier molecular flexibility index (Phi) is 5.53. The van der Waals surface area contributed by atoms with Crippen LogP contribution < -0.4 is 0 Å². The molecule has 1 aromatic rings. The SMILES string of the molecule is FC(F)F.Fc1ccc(S)cc1. The lowest BCUT2D eigenvalue weighted by Crippen LogP contribution is -1.68. The van der Waals surface area contributed by atoms with Crippen molar-refractivity contribution in [2.75, 3.05) is 0 Å². The molecule has 5 heteroatoms. The van der Waals surface area contributed by atoms with E-state index >= 15 is 0 Å². The number of rotatable bonds is 0. The summed E-state index contributed by atoms with van der Waals surface area (Å²) in [6.07, 6.45) is 0. The van der Waals surface area contributed by atoms with Gasteiger partial charge in [0.2, 0.25) is 0 Å². The summed E-state index contributed by atoms with van der Waals surface area (Å²) in [4.78, 5) is 0.784. The van der Waals surface area contributed by atoms with E-state index in [2.05, 4.69) is 12.6 Å². The molecule has 1 aromatic carbocycles. The van der Waals surface area contributed by atoms with E-state index in [-0.39, 0.29) is 5.82 Å². The molecule has 12 heavy (non-hydrogen) atoms. The van der Waals surface area contributed by atoms with Gasteiger partial charge in [0.25, 0.3) is 0 Å². The topological polar surface area (TPSA) is 0 Å². The standard InChI is InChI=1S/C6H5FS.CHF3/c7-5-1-3-6(8)4-2-5;2-1(3)4/h1-4,8H;1H. The van der Waals surface area contributed by atoms with Gasteiger partial charge in [-0.1, -0.05) is 0 Å². The smallest absolute Gasteiger partial charge is 0.207 e. The average Bonchev–Trinajstić information content (AvgIpc) is 1.94. The van der Waals surface area contributed by atoms with Crippen LogP contribution >= 0.6 is 12.6 Å². The van der Waals surface area contributed by atoms with Crippen LogP contribution in [0.4, 0.5) is 17.6 Å². The van der Waals surface area contributed by atoms with E-state index in [0.717, 1.165) is 4.90 Å². The summed E-state index contributed by atoms with van der Waals surface area (Å²) in [7, 11) is 0. The van der Waals surface area contributed by atoms with Crippen molar-refractivity contribution in [3.8, 4) is 0 Å². The molecule has 0 saturated carbocycles. The van der Waals surface area contributed by atoms with Crippen LogP contribution in [0.2, 0.25) is 0 Å². The second-order valence-electron chi connectivity index (χ2n) is 1.72. The molecular formula is C7H6F4S. The third-order valence-corrected chi connectivity index (χ3v) is 1.12. The number of hydrogen-bond acceptors (Lipinski definition) is 1. The number of benzene rings is 1. The Morgan fingerprint density at radius 3 is 1.58 bits per heavy atom. The summed E-state index contributed by atoms with van der Waals surface area (Å²) in [5, 5.41) is 0. The lowest BCUT2D eigenvalue weighted by atomic mass is 10.4. The molecule has 0 bridgehead atoms. The van der Waals surface area contributed by atoms with Gasteiger partial charge in [-0.3, -0.25) is 0 Å².